The summed E-state index contributed by atoms with van der Waals surface area (Å²) in [6.07, 6.45) is 29.9. The fourth-order valence-electron chi connectivity index (χ4n) is 7.49. The maximum atomic E-state index is 13.2. The van der Waals surface area contributed by atoms with Crippen LogP contribution < -0.4 is 56.7 Å². The van der Waals surface area contributed by atoms with Crippen LogP contribution in [0.4, 0.5) is 0 Å². The van der Waals surface area contributed by atoms with Crippen molar-refractivity contribution in [3.63, 3.8) is 0 Å². The van der Waals surface area contributed by atoms with E-state index in [9.17, 15) is 9.90 Å². The molecule has 0 radical (unpaired) electrons. The normalized spacial score (nSPS) is 14.1. The monoisotopic (exact) mass is 825 g/mol. The molecule has 0 heterocycles. The molecule has 0 saturated carbocycles. The third-order valence-corrected chi connectivity index (χ3v) is 10.9. The predicted octanol–water partition coefficient (Wildman–Crippen LogP) is 11.9. The molecule has 0 saturated heterocycles. The molecular weight excluding hydrogens is 733 g/mol. The Morgan fingerprint density at radius 3 is 1.78 bits per heavy atom. The maximum Gasteiger partial charge on any atom is 1.00 e. The van der Waals surface area contributed by atoms with Gasteiger partial charge in [0.05, 0.1) is 18.8 Å². The van der Waals surface area contributed by atoms with E-state index in [-0.39, 0.29) is 104 Å². The molecule has 8 heteroatoms. The van der Waals surface area contributed by atoms with Gasteiger partial charge in [0, 0.05) is 6.42 Å². The molecule has 3 unspecified atom stereocenters. The zero-order valence-corrected chi connectivity index (χ0v) is 43.5. The van der Waals surface area contributed by atoms with Crippen LogP contribution in [0.25, 0.3) is 0 Å². The molecule has 0 aliphatic heterocycles. The first-order valence-corrected chi connectivity index (χ1v) is 22.5. The third-order valence-electron chi connectivity index (χ3n) is 9.45. The van der Waals surface area contributed by atoms with Crippen LogP contribution in [-0.4, -0.2) is 36.4 Å². The zero-order chi connectivity index (χ0) is 38.1. The van der Waals surface area contributed by atoms with Crippen molar-refractivity contribution >= 4 is 25.7 Å². The van der Waals surface area contributed by atoms with Gasteiger partial charge in [-0.1, -0.05) is 177 Å². The van der Waals surface area contributed by atoms with Crippen LogP contribution in [0.2, 0.25) is 0 Å². The van der Waals surface area contributed by atoms with Crippen molar-refractivity contribution in [3.8, 4) is 0 Å². The number of rotatable bonds is 31. The van der Waals surface area contributed by atoms with Crippen molar-refractivity contribution in [2.75, 3.05) is 13.2 Å². The van der Waals surface area contributed by atoms with Crippen LogP contribution in [0.5, 0.6) is 0 Å². The van der Waals surface area contributed by atoms with Crippen molar-refractivity contribution in [1.29, 1.82) is 0 Å². The van der Waals surface area contributed by atoms with Crippen molar-refractivity contribution in [2.24, 2.45) is 21.7 Å². The van der Waals surface area contributed by atoms with E-state index in [0.29, 0.717) is 17.3 Å². The van der Waals surface area contributed by atoms with Crippen LogP contribution >= 0.6 is 19.8 Å². The molecule has 5 nitrogen and oxygen atoms in total. The summed E-state index contributed by atoms with van der Waals surface area (Å²) in [7, 11) is -1.42. The Hall–Kier alpha value is 1.25. The Bertz CT molecular complexity index is 919. The second-order valence-electron chi connectivity index (χ2n) is 18.4. The summed E-state index contributed by atoms with van der Waals surface area (Å²) >= 11 is 4.35. The number of amides is 1. The number of nitrogens with one attached hydrogen (secondary N) is 1. The average molecular weight is 825 g/mol. The fraction of sp³-hybridized carbons (Fsp3) is 0.804. The van der Waals surface area contributed by atoms with E-state index >= 15 is 0 Å². The van der Waals surface area contributed by atoms with Gasteiger partial charge in [-0.25, -0.2) is 0 Å². The number of unbranched alkanes of at least 4 members (excludes halogenated alkanes) is 11. The molecule has 0 rings (SSSR count). The number of aliphatic hydroxyl groups excluding tert-OH is 1. The van der Waals surface area contributed by atoms with E-state index in [0.717, 1.165) is 44.9 Å². The molecule has 0 aliphatic rings. The smallest absolute Gasteiger partial charge is 0.387 e. The first-order valence-electron chi connectivity index (χ1n) is 20.1. The van der Waals surface area contributed by atoms with E-state index in [4.69, 9.17) is 9.05 Å². The fourth-order valence-corrected chi connectivity index (χ4v) is 8.45. The number of aliphatic hydroxyl groups is 1. The largest absolute Gasteiger partial charge is 1.00 e. The molecule has 0 fully saturated rings. The molecule has 320 valence electrons. The van der Waals surface area contributed by atoms with E-state index in [1.807, 2.05) is 6.08 Å². The van der Waals surface area contributed by atoms with Crippen LogP contribution in [-0.2, 0) is 13.8 Å². The molecule has 1 amide bonds. The van der Waals surface area contributed by atoms with Crippen molar-refractivity contribution < 1.29 is 70.3 Å². The first kappa shape index (κ1) is 64.4. The number of carbonyl (C=O) groups excluding carboxylic acids is 1. The third kappa shape index (κ3) is 40.0. The maximum absolute atomic E-state index is 13.2. The second-order valence-corrected chi connectivity index (χ2v) is 20.4. The molecule has 0 aliphatic carbocycles. The quantitative estimate of drug-likeness (QED) is 0.0163. The minimum Gasteiger partial charge on any atom is -0.387 e. The predicted molar refractivity (Wildman–Crippen MR) is 243 cm³/mol. The van der Waals surface area contributed by atoms with Crippen molar-refractivity contribution in [3.05, 3.63) is 53.5 Å². The summed E-state index contributed by atoms with van der Waals surface area (Å²) in [6, 6.07) is -0.568. The van der Waals surface area contributed by atoms with E-state index < -0.39 is 19.7 Å². The molecule has 0 aromatic carbocycles. The summed E-state index contributed by atoms with van der Waals surface area (Å²) in [5.74, 6) is -0.0651. The van der Waals surface area contributed by atoms with Gasteiger partial charge in [-0.05, 0) is 73.0 Å². The first-order chi connectivity index (χ1) is 23.3. The van der Waals surface area contributed by atoms with Gasteiger partial charge in [0.15, 0.2) is 0 Å². The topological polar surface area (TPSA) is 67.8 Å². The SMILES string of the molecule is [CH2-]COP(S)OCC(NC(=O)CCC(C)(C)CC(C)(C)CC/C=C\CC(C)(C)CC(C)(C)C)C(O)/C=C/CCCCCCCCCCCCC.[CH3-].[CH3-].[CH3-].[K+]. The summed E-state index contributed by atoms with van der Waals surface area (Å²) in [4.78, 5) is 13.2. The number of thiol groups is 1. The molecule has 0 aromatic rings. The summed E-state index contributed by atoms with van der Waals surface area (Å²) in [6.45, 7) is 27.3. The van der Waals surface area contributed by atoms with E-state index in [1.54, 1.807) is 6.08 Å². The Morgan fingerprint density at radius 1 is 0.741 bits per heavy atom. The van der Waals surface area contributed by atoms with Gasteiger partial charge in [0.1, 0.15) is 0 Å². The molecule has 0 spiro atoms. The molecule has 2 N–H and O–H groups in total. The van der Waals surface area contributed by atoms with Gasteiger partial charge < -0.3 is 48.7 Å². The Morgan fingerprint density at radius 2 is 1.26 bits per heavy atom. The van der Waals surface area contributed by atoms with Crippen molar-refractivity contribution in [2.45, 2.75) is 203 Å². The summed E-state index contributed by atoms with van der Waals surface area (Å²) in [5, 5.41) is 14.1. The number of hydrogen-bond donors (Lipinski definition) is 3. The van der Waals surface area contributed by atoms with Gasteiger partial charge in [0.25, 0.3) is 0 Å². The van der Waals surface area contributed by atoms with Gasteiger partial charge in [-0.2, -0.15) is 0 Å². The van der Waals surface area contributed by atoms with Crippen molar-refractivity contribution in [1.82, 2.24) is 5.32 Å². The minimum atomic E-state index is -1.42. The van der Waals surface area contributed by atoms with Gasteiger partial charge in [-0.15, -0.1) is 0 Å². The Balaban J connectivity index is -0.00000200. The molecule has 3 atom stereocenters. The average Bonchev–Trinajstić information content (AvgIpc) is 2.98. The van der Waals surface area contributed by atoms with Gasteiger partial charge in [0.2, 0.25) is 13.5 Å². The number of hydrogen-bond acceptors (Lipinski definition) is 5. The number of allylic oxidation sites excluding steroid dienone is 3. The molecule has 0 bridgehead atoms. The van der Waals surface area contributed by atoms with Crippen LogP contribution in [0.15, 0.2) is 24.3 Å². The molecule has 54 heavy (non-hydrogen) atoms. The van der Waals surface area contributed by atoms with Gasteiger partial charge in [-0.3, -0.25) is 4.79 Å². The minimum absolute atomic E-state index is 0. The Kier molecular flexibility index (Phi) is 43.1. The number of carbonyl (C=O) groups is 1. The van der Waals surface area contributed by atoms with Crippen LogP contribution in [0.1, 0.15) is 191 Å². The van der Waals surface area contributed by atoms with Gasteiger partial charge >= 0.3 is 51.4 Å². The molecule has 0 aromatic heterocycles. The van der Waals surface area contributed by atoms with E-state index in [1.165, 1.54) is 70.6 Å². The second kappa shape index (κ2) is 36.1. The standard InChI is InChI=1S/C43H83NO4PS.3CH3.K/c1-12-14-15-16-17-18-19-20-21-22-23-24-26-29-38(45)37(34-48-49(50)47-13-2)44-39(46)30-33-43(10,11)36-42(8,9)32-28-25-27-31-41(6,7)35-40(3,4)5;;;;/h25-27,29,37-38,45,50H,2,12-24,28,30-36H2,1,3-11H3,(H,44,46);3*1H3;/q4*-1;+1/b27-25-,29-26+;;;;. The summed E-state index contributed by atoms with van der Waals surface area (Å²) < 4.78 is 11.1. The molecular formula is C46H92KNO4PS-3. The van der Waals surface area contributed by atoms with Crippen LogP contribution in [0.3, 0.4) is 0 Å². The van der Waals surface area contributed by atoms with Crippen LogP contribution in [0, 0.1) is 50.9 Å². The zero-order valence-electron chi connectivity index (χ0n) is 38.6. The summed E-state index contributed by atoms with van der Waals surface area (Å²) in [5.41, 5.74) is 0.845. The Labute approximate surface area is 389 Å². The van der Waals surface area contributed by atoms with E-state index in [2.05, 4.69) is 106 Å².